The van der Waals surface area contributed by atoms with E-state index in [4.69, 9.17) is 4.74 Å². The Labute approximate surface area is 230 Å². The minimum atomic E-state index is -0.184. The van der Waals surface area contributed by atoms with Gasteiger partial charge < -0.3 is 4.74 Å². The van der Waals surface area contributed by atoms with Crippen molar-refractivity contribution in [1.82, 2.24) is 0 Å². The Kier molecular flexibility index (Phi) is 16.7. The second kappa shape index (κ2) is 20.2. The molecule has 0 radical (unpaired) electrons. The number of rotatable bonds is 21. The lowest BCUT2D eigenvalue weighted by Crippen LogP contribution is -2.07. The molecule has 0 aliphatic carbocycles. The van der Waals surface area contributed by atoms with E-state index < -0.39 is 0 Å². The molecular weight excluding hydrogens is 472 g/mol. The van der Waals surface area contributed by atoms with Crippen LogP contribution in [-0.4, -0.2) is 11.8 Å². The average molecular weight is 521 g/mol. The van der Waals surface area contributed by atoms with E-state index in [0.717, 1.165) is 12.8 Å². The zero-order valence-corrected chi connectivity index (χ0v) is 23.8. The summed E-state index contributed by atoms with van der Waals surface area (Å²) < 4.78 is 5.45. The Bertz CT molecular complexity index is 936. The van der Waals surface area contributed by atoms with E-state index in [2.05, 4.69) is 17.2 Å². The number of esters is 1. The van der Waals surface area contributed by atoms with Crippen LogP contribution >= 0.6 is 0 Å². The van der Waals surface area contributed by atoms with E-state index in [9.17, 15) is 9.59 Å². The van der Waals surface area contributed by atoms with Crippen molar-refractivity contribution in [1.29, 1.82) is 0 Å². The van der Waals surface area contributed by atoms with Gasteiger partial charge in [0, 0.05) is 18.4 Å². The summed E-state index contributed by atoms with van der Waals surface area (Å²) in [6.45, 7) is 4.12. The fourth-order valence-electron chi connectivity index (χ4n) is 4.44. The molecule has 0 aliphatic rings. The molecule has 0 saturated carbocycles. The van der Waals surface area contributed by atoms with E-state index in [1.165, 1.54) is 83.5 Å². The minimum Gasteiger partial charge on any atom is -0.427 e. The van der Waals surface area contributed by atoms with Crippen molar-refractivity contribution in [2.75, 3.05) is 0 Å². The van der Waals surface area contributed by atoms with Gasteiger partial charge >= 0.3 is 5.97 Å². The molecule has 0 aromatic heterocycles. The summed E-state index contributed by atoms with van der Waals surface area (Å²) in [6, 6.07) is 14.1. The van der Waals surface area contributed by atoms with Crippen LogP contribution in [0.3, 0.4) is 0 Å². The van der Waals surface area contributed by atoms with Crippen LogP contribution in [0.25, 0.3) is 0 Å². The lowest BCUT2D eigenvalue weighted by Gasteiger charge is -2.05. The normalized spacial score (nSPS) is 11.2. The van der Waals surface area contributed by atoms with Crippen LogP contribution in [0.4, 0.5) is 11.4 Å². The number of nitrogens with zero attached hydrogens (tertiary/aromatic N) is 2. The summed E-state index contributed by atoms with van der Waals surface area (Å²) in [6.07, 6.45) is 20.6. The monoisotopic (exact) mass is 520 g/mol. The van der Waals surface area contributed by atoms with Crippen molar-refractivity contribution in [3.8, 4) is 5.75 Å². The van der Waals surface area contributed by atoms with E-state index in [1.807, 2.05) is 6.92 Å². The zero-order valence-electron chi connectivity index (χ0n) is 23.8. The maximum Gasteiger partial charge on any atom is 0.311 e. The Morgan fingerprint density at radius 3 is 1.45 bits per heavy atom. The Hall–Kier alpha value is -2.82. The Morgan fingerprint density at radius 1 is 0.579 bits per heavy atom. The number of carbonyl (C=O) groups excluding carboxylic acids is 2. The van der Waals surface area contributed by atoms with E-state index in [0.29, 0.717) is 35.5 Å². The molecule has 38 heavy (non-hydrogen) atoms. The molecule has 0 unspecified atom stereocenters. The molecule has 0 amide bonds. The molecule has 2 rings (SSSR count). The van der Waals surface area contributed by atoms with E-state index in [1.54, 1.807) is 48.5 Å². The van der Waals surface area contributed by atoms with Gasteiger partial charge in [-0.15, -0.1) is 0 Å². The predicted molar refractivity (Wildman–Crippen MR) is 157 cm³/mol. The highest BCUT2D eigenvalue weighted by molar-refractivity contribution is 5.96. The summed E-state index contributed by atoms with van der Waals surface area (Å²) in [5, 5.41) is 8.42. The van der Waals surface area contributed by atoms with Gasteiger partial charge in [0.1, 0.15) is 5.75 Å². The van der Waals surface area contributed by atoms with Gasteiger partial charge in [-0.05, 0) is 55.0 Å². The molecule has 0 aliphatic heterocycles. The van der Waals surface area contributed by atoms with Crippen molar-refractivity contribution < 1.29 is 14.3 Å². The molecule has 0 saturated heterocycles. The first-order valence-electron chi connectivity index (χ1n) is 15.0. The number of ketones is 1. The first kappa shape index (κ1) is 31.4. The number of carbonyl (C=O) groups is 2. The third-order valence-electron chi connectivity index (χ3n) is 6.84. The third-order valence-corrected chi connectivity index (χ3v) is 6.84. The van der Waals surface area contributed by atoms with Gasteiger partial charge in [-0.25, -0.2) is 0 Å². The molecule has 0 heterocycles. The number of unbranched alkanes of at least 4 members (excludes halogenated alkanes) is 14. The molecule has 5 heteroatoms. The highest BCUT2D eigenvalue weighted by atomic mass is 16.5. The van der Waals surface area contributed by atoms with Crippen LogP contribution in [0.1, 0.15) is 133 Å². The molecule has 0 bridgehead atoms. The SMILES string of the molecule is CCCCCCCCCCCCCCCCCC(=O)Oc1ccc(N=Nc2ccc(C(=O)CC)cc2)cc1. The van der Waals surface area contributed by atoms with Gasteiger partial charge in [0.15, 0.2) is 5.78 Å². The van der Waals surface area contributed by atoms with Gasteiger partial charge in [0.25, 0.3) is 0 Å². The van der Waals surface area contributed by atoms with Crippen molar-refractivity contribution in [3.05, 3.63) is 54.1 Å². The highest BCUT2D eigenvalue weighted by Gasteiger charge is 2.05. The van der Waals surface area contributed by atoms with Gasteiger partial charge in [0.2, 0.25) is 0 Å². The third kappa shape index (κ3) is 14.2. The summed E-state index contributed by atoms with van der Waals surface area (Å²) in [5.74, 6) is 0.450. The van der Waals surface area contributed by atoms with Gasteiger partial charge in [-0.2, -0.15) is 10.2 Å². The predicted octanol–water partition coefficient (Wildman–Crippen LogP) is 10.9. The summed E-state index contributed by atoms with van der Waals surface area (Å²) in [7, 11) is 0. The van der Waals surface area contributed by atoms with Crippen molar-refractivity contribution in [2.24, 2.45) is 10.2 Å². The first-order chi connectivity index (χ1) is 18.6. The van der Waals surface area contributed by atoms with Crippen molar-refractivity contribution in [2.45, 2.75) is 123 Å². The molecule has 0 N–H and O–H groups in total. The molecule has 2 aromatic carbocycles. The number of Topliss-reactive ketones (excluding diaryl/α,β-unsaturated/α-hetero) is 1. The fourth-order valence-corrected chi connectivity index (χ4v) is 4.44. The largest absolute Gasteiger partial charge is 0.427 e. The Balaban J connectivity index is 1.50. The molecule has 2 aromatic rings. The molecule has 208 valence electrons. The summed E-state index contributed by atoms with van der Waals surface area (Å²) in [4.78, 5) is 23.9. The Morgan fingerprint density at radius 2 is 1.00 bits per heavy atom. The zero-order chi connectivity index (χ0) is 27.3. The van der Waals surface area contributed by atoms with Crippen LogP contribution in [-0.2, 0) is 4.79 Å². The van der Waals surface area contributed by atoms with Crippen LogP contribution in [0, 0.1) is 0 Å². The maximum atomic E-state index is 12.2. The second-order valence-corrected chi connectivity index (χ2v) is 10.2. The quantitative estimate of drug-likeness (QED) is 0.0540. The van der Waals surface area contributed by atoms with Crippen LogP contribution in [0.15, 0.2) is 58.8 Å². The van der Waals surface area contributed by atoms with E-state index >= 15 is 0 Å². The van der Waals surface area contributed by atoms with Crippen molar-refractivity contribution >= 4 is 23.1 Å². The number of azo groups is 1. The number of hydrogen-bond acceptors (Lipinski definition) is 5. The van der Waals surface area contributed by atoms with Crippen LogP contribution < -0.4 is 4.74 Å². The molecule has 0 atom stereocenters. The topological polar surface area (TPSA) is 68.1 Å². The average Bonchev–Trinajstić information content (AvgIpc) is 2.94. The standard InChI is InChI=1S/C33H48N2O3/c1-3-5-6-7-8-9-10-11-12-13-14-15-16-17-18-19-33(37)38-31-26-24-30(25-27-31)35-34-29-22-20-28(21-23-29)32(36)4-2/h20-27H,3-19H2,1-2H3. The second-order valence-electron chi connectivity index (χ2n) is 10.2. The molecule has 0 spiro atoms. The van der Waals surface area contributed by atoms with Crippen molar-refractivity contribution in [3.63, 3.8) is 0 Å². The molecular formula is C33H48N2O3. The number of ether oxygens (including phenoxy) is 1. The smallest absolute Gasteiger partial charge is 0.311 e. The lowest BCUT2D eigenvalue weighted by atomic mass is 10.0. The minimum absolute atomic E-state index is 0.109. The van der Waals surface area contributed by atoms with Gasteiger partial charge in [0.05, 0.1) is 11.4 Å². The van der Waals surface area contributed by atoms with Crippen LogP contribution in [0.5, 0.6) is 5.75 Å². The highest BCUT2D eigenvalue weighted by Crippen LogP contribution is 2.22. The van der Waals surface area contributed by atoms with E-state index in [-0.39, 0.29) is 11.8 Å². The van der Waals surface area contributed by atoms with Gasteiger partial charge in [-0.3, -0.25) is 9.59 Å². The summed E-state index contributed by atoms with van der Waals surface area (Å²) in [5.41, 5.74) is 2.03. The fraction of sp³-hybridized carbons (Fsp3) is 0.576. The first-order valence-corrected chi connectivity index (χ1v) is 15.0. The number of benzene rings is 2. The number of hydrogen-bond donors (Lipinski definition) is 0. The maximum absolute atomic E-state index is 12.2. The van der Waals surface area contributed by atoms with Crippen LogP contribution in [0.2, 0.25) is 0 Å². The lowest BCUT2D eigenvalue weighted by molar-refractivity contribution is -0.134. The summed E-state index contributed by atoms with van der Waals surface area (Å²) >= 11 is 0. The van der Waals surface area contributed by atoms with Gasteiger partial charge in [-0.1, -0.05) is 104 Å². The molecule has 5 nitrogen and oxygen atoms in total. The molecule has 0 fully saturated rings.